The van der Waals surface area contributed by atoms with Crippen molar-refractivity contribution < 1.29 is 4.79 Å². The molecule has 5 heteroatoms. The number of hydrogen-bond donors (Lipinski definition) is 2. The van der Waals surface area contributed by atoms with Crippen LogP contribution in [0, 0.1) is 6.92 Å². The Balaban J connectivity index is 1.38. The van der Waals surface area contributed by atoms with Crippen LogP contribution in [0.25, 0.3) is 10.8 Å². The van der Waals surface area contributed by atoms with E-state index in [9.17, 15) is 4.79 Å². The van der Waals surface area contributed by atoms with E-state index in [1.165, 1.54) is 16.3 Å². The summed E-state index contributed by atoms with van der Waals surface area (Å²) in [5, 5.41) is 12.5. The topological polar surface area (TPSA) is 61.0 Å². The number of piperidine rings is 1. The summed E-state index contributed by atoms with van der Waals surface area (Å²) in [6.45, 7) is 4.07. The number of aryl methyl sites for hydroxylation is 1. The molecule has 0 aliphatic carbocycles. The number of carbonyl (C=O) groups excluding carboxylic acids is 1. The second kappa shape index (κ2) is 7.20. The molecule has 1 saturated heterocycles. The van der Waals surface area contributed by atoms with Gasteiger partial charge in [-0.25, -0.2) is 4.79 Å². The first-order valence-electron chi connectivity index (χ1n) is 9.21. The quantitative estimate of drug-likeness (QED) is 0.752. The summed E-state index contributed by atoms with van der Waals surface area (Å²) >= 11 is 0. The minimum atomic E-state index is 0.0157. The molecule has 1 aliphatic heterocycles. The van der Waals surface area contributed by atoms with Gasteiger partial charge in [-0.1, -0.05) is 42.5 Å². The Morgan fingerprint density at radius 2 is 1.96 bits per heavy atom. The third-order valence-corrected chi connectivity index (χ3v) is 5.41. The first-order valence-corrected chi connectivity index (χ1v) is 9.21. The van der Waals surface area contributed by atoms with E-state index in [0.717, 1.165) is 37.2 Å². The zero-order valence-corrected chi connectivity index (χ0v) is 15.0. The van der Waals surface area contributed by atoms with Gasteiger partial charge in [0.2, 0.25) is 0 Å². The van der Waals surface area contributed by atoms with Gasteiger partial charge in [0.15, 0.2) is 0 Å². The lowest BCUT2D eigenvalue weighted by molar-refractivity contribution is 0.181. The van der Waals surface area contributed by atoms with Crippen molar-refractivity contribution in [2.75, 3.05) is 13.1 Å². The Morgan fingerprint density at radius 1 is 1.19 bits per heavy atom. The molecule has 1 aliphatic rings. The van der Waals surface area contributed by atoms with Crippen LogP contribution in [0.15, 0.2) is 48.7 Å². The van der Waals surface area contributed by atoms with Gasteiger partial charge in [0, 0.05) is 30.9 Å². The molecule has 2 amide bonds. The molecule has 0 radical (unpaired) electrons. The van der Waals surface area contributed by atoms with E-state index >= 15 is 0 Å². The van der Waals surface area contributed by atoms with Gasteiger partial charge < -0.3 is 10.2 Å². The van der Waals surface area contributed by atoms with Crippen molar-refractivity contribution in [2.45, 2.75) is 32.2 Å². The first-order chi connectivity index (χ1) is 12.7. The maximum absolute atomic E-state index is 12.4. The predicted molar refractivity (Wildman–Crippen MR) is 103 cm³/mol. The summed E-state index contributed by atoms with van der Waals surface area (Å²) < 4.78 is 0. The highest BCUT2D eigenvalue weighted by Crippen LogP contribution is 2.33. The summed E-state index contributed by atoms with van der Waals surface area (Å²) in [6.07, 6.45) is 3.78. The normalized spacial score (nSPS) is 15.3. The SMILES string of the molecule is Cc1[nH]ncc1CNC(=O)N1CCC(c2cccc3ccccc23)CC1. The average Bonchev–Trinajstić information content (AvgIpc) is 3.10. The van der Waals surface area contributed by atoms with Crippen molar-refractivity contribution >= 4 is 16.8 Å². The fraction of sp³-hybridized carbons (Fsp3) is 0.333. The van der Waals surface area contributed by atoms with Crippen LogP contribution < -0.4 is 5.32 Å². The molecular formula is C21H24N4O. The van der Waals surface area contributed by atoms with Gasteiger partial charge in [-0.15, -0.1) is 0 Å². The minimum Gasteiger partial charge on any atom is -0.334 e. The van der Waals surface area contributed by atoms with Crippen LogP contribution in [0.5, 0.6) is 0 Å². The molecule has 3 aromatic rings. The molecule has 2 aromatic carbocycles. The molecule has 0 spiro atoms. The highest BCUT2D eigenvalue weighted by molar-refractivity contribution is 5.86. The number of nitrogens with one attached hydrogen (secondary N) is 2. The van der Waals surface area contributed by atoms with Crippen LogP contribution in [-0.4, -0.2) is 34.2 Å². The Morgan fingerprint density at radius 3 is 2.73 bits per heavy atom. The number of urea groups is 1. The van der Waals surface area contributed by atoms with Crippen molar-refractivity contribution in [2.24, 2.45) is 0 Å². The lowest BCUT2D eigenvalue weighted by Crippen LogP contribution is -2.43. The van der Waals surface area contributed by atoms with E-state index in [0.29, 0.717) is 12.5 Å². The average molecular weight is 348 g/mol. The van der Waals surface area contributed by atoms with Gasteiger partial charge in [-0.05, 0) is 42.0 Å². The molecule has 0 bridgehead atoms. The molecule has 1 aromatic heterocycles. The number of aromatic nitrogens is 2. The number of likely N-dealkylation sites (tertiary alicyclic amines) is 1. The second-order valence-electron chi connectivity index (χ2n) is 7.01. The van der Waals surface area contributed by atoms with Gasteiger partial charge in [-0.2, -0.15) is 5.10 Å². The first kappa shape index (κ1) is 16.6. The number of rotatable bonds is 3. The molecule has 5 nitrogen and oxygen atoms in total. The molecule has 1 fully saturated rings. The number of nitrogens with zero attached hydrogens (tertiary/aromatic N) is 2. The van der Waals surface area contributed by atoms with Gasteiger partial charge in [-0.3, -0.25) is 5.10 Å². The molecule has 134 valence electrons. The third kappa shape index (κ3) is 3.29. The van der Waals surface area contributed by atoms with Gasteiger partial charge in [0.25, 0.3) is 0 Å². The van der Waals surface area contributed by atoms with E-state index in [4.69, 9.17) is 0 Å². The molecule has 0 atom stereocenters. The largest absolute Gasteiger partial charge is 0.334 e. The van der Waals surface area contributed by atoms with Gasteiger partial charge in [0.05, 0.1) is 6.20 Å². The number of aromatic amines is 1. The van der Waals surface area contributed by atoms with Crippen LogP contribution in [0.1, 0.15) is 35.6 Å². The zero-order valence-electron chi connectivity index (χ0n) is 15.0. The summed E-state index contributed by atoms with van der Waals surface area (Å²) in [5.41, 5.74) is 3.45. The van der Waals surface area contributed by atoms with Crippen molar-refractivity contribution in [1.29, 1.82) is 0 Å². The van der Waals surface area contributed by atoms with E-state index in [2.05, 4.69) is 58.0 Å². The second-order valence-corrected chi connectivity index (χ2v) is 7.01. The van der Waals surface area contributed by atoms with Crippen LogP contribution in [0.3, 0.4) is 0 Å². The highest BCUT2D eigenvalue weighted by Gasteiger charge is 2.24. The van der Waals surface area contributed by atoms with Crippen molar-refractivity contribution in [1.82, 2.24) is 20.4 Å². The summed E-state index contributed by atoms with van der Waals surface area (Å²) in [4.78, 5) is 14.4. The summed E-state index contributed by atoms with van der Waals surface area (Å²) in [5.74, 6) is 0.515. The Bertz CT molecular complexity index is 904. The van der Waals surface area contributed by atoms with Crippen LogP contribution in [0.4, 0.5) is 4.79 Å². The maximum atomic E-state index is 12.4. The third-order valence-electron chi connectivity index (χ3n) is 5.41. The van der Waals surface area contributed by atoms with Crippen molar-refractivity contribution in [3.63, 3.8) is 0 Å². The number of hydrogen-bond acceptors (Lipinski definition) is 2. The van der Waals surface area contributed by atoms with Crippen LogP contribution in [0.2, 0.25) is 0 Å². The Kier molecular flexibility index (Phi) is 4.61. The van der Waals surface area contributed by atoms with Crippen LogP contribution in [-0.2, 0) is 6.54 Å². The van der Waals surface area contributed by atoms with Crippen molar-refractivity contribution in [3.8, 4) is 0 Å². The number of H-pyrrole nitrogens is 1. The van der Waals surface area contributed by atoms with E-state index < -0.39 is 0 Å². The smallest absolute Gasteiger partial charge is 0.317 e. The van der Waals surface area contributed by atoms with E-state index in [-0.39, 0.29) is 6.03 Å². The molecular weight excluding hydrogens is 324 g/mol. The maximum Gasteiger partial charge on any atom is 0.317 e. The predicted octanol–water partition coefficient (Wildman–Crippen LogP) is 3.96. The molecule has 4 rings (SSSR count). The fourth-order valence-electron chi connectivity index (χ4n) is 3.84. The van der Waals surface area contributed by atoms with Gasteiger partial charge in [0.1, 0.15) is 0 Å². The number of amides is 2. The lowest BCUT2D eigenvalue weighted by atomic mass is 9.86. The minimum absolute atomic E-state index is 0.0157. The standard InChI is InChI=1S/C21H24N4O/c1-15-18(14-23-24-15)13-22-21(26)25-11-9-17(10-12-25)20-8-4-6-16-5-2-3-7-19(16)20/h2-8,14,17H,9-13H2,1H3,(H,22,26)(H,23,24). The van der Waals surface area contributed by atoms with Gasteiger partial charge >= 0.3 is 6.03 Å². The van der Waals surface area contributed by atoms with E-state index in [1.807, 2.05) is 11.8 Å². The fourth-order valence-corrected chi connectivity index (χ4v) is 3.84. The molecule has 0 unspecified atom stereocenters. The van der Waals surface area contributed by atoms with Crippen LogP contribution >= 0.6 is 0 Å². The summed E-state index contributed by atoms with van der Waals surface area (Å²) in [6, 6.07) is 15.1. The lowest BCUT2D eigenvalue weighted by Gasteiger charge is -2.32. The highest BCUT2D eigenvalue weighted by atomic mass is 16.2. The molecule has 0 saturated carbocycles. The molecule has 2 heterocycles. The Labute approximate surface area is 153 Å². The van der Waals surface area contributed by atoms with E-state index in [1.54, 1.807) is 6.20 Å². The van der Waals surface area contributed by atoms with Crippen molar-refractivity contribution in [3.05, 3.63) is 65.5 Å². The number of benzene rings is 2. The Hall–Kier alpha value is -2.82. The summed E-state index contributed by atoms with van der Waals surface area (Å²) in [7, 11) is 0. The zero-order chi connectivity index (χ0) is 17.9. The monoisotopic (exact) mass is 348 g/mol. The molecule has 26 heavy (non-hydrogen) atoms. The number of fused-ring (bicyclic) bond motifs is 1. The number of carbonyl (C=O) groups is 1. The molecule has 2 N–H and O–H groups in total.